The number of hydrogen-bond acceptors (Lipinski definition) is 7. The lowest BCUT2D eigenvalue weighted by atomic mass is 10.1. The molecule has 0 bridgehead atoms. The van der Waals surface area contributed by atoms with Crippen LogP contribution in [0, 0.1) is 0 Å². The summed E-state index contributed by atoms with van der Waals surface area (Å²) in [5.41, 5.74) is 1.14. The smallest absolute Gasteiger partial charge is 0.343 e. The van der Waals surface area contributed by atoms with Gasteiger partial charge in [-0.1, -0.05) is 30.3 Å². The average molecular weight is 500 g/mol. The molecule has 4 rings (SSSR count). The summed E-state index contributed by atoms with van der Waals surface area (Å²) in [6.07, 6.45) is 0. The SMILES string of the molecule is CCOC(=O)c1c(-c2ccccc2)oc2ccc(OC(=O)c3ccc(S(=O)(=O)C(F)F)cc3)cc12. The van der Waals surface area contributed by atoms with Crippen molar-refractivity contribution in [2.45, 2.75) is 17.6 Å². The summed E-state index contributed by atoms with van der Waals surface area (Å²) in [6, 6.07) is 17.4. The molecular formula is C25H18F2O7S. The number of esters is 2. The van der Waals surface area contributed by atoms with E-state index in [9.17, 15) is 26.8 Å². The van der Waals surface area contributed by atoms with Crippen molar-refractivity contribution < 1.29 is 40.7 Å². The van der Waals surface area contributed by atoms with Gasteiger partial charge in [-0.15, -0.1) is 0 Å². The van der Waals surface area contributed by atoms with Crippen LogP contribution in [0.3, 0.4) is 0 Å². The minimum atomic E-state index is -4.78. The summed E-state index contributed by atoms with van der Waals surface area (Å²) >= 11 is 0. The molecule has 7 nitrogen and oxygen atoms in total. The monoisotopic (exact) mass is 500 g/mol. The highest BCUT2D eigenvalue weighted by atomic mass is 32.2. The highest BCUT2D eigenvalue weighted by molar-refractivity contribution is 7.91. The Kier molecular flexibility index (Phi) is 6.65. The van der Waals surface area contributed by atoms with Crippen LogP contribution in [0.5, 0.6) is 5.75 Å². The molecule has 0 aliphatic heterocycles. The molecule has 0 spiro atoms. The van der Waals surface area contributed by atoms with E-state index >= 15 is 0 Å². The van der Waals surface area contributed by atoms with Crippen molar-refractivity contribution in [3.05, 3.63) is 83.9 Å². The third kappa shape index (κ3) is 4.78. The molecule has 0 saturated carbocycles. The second-order valence-electron chi connectivity index (χ2n) is 7.27. The minimum absolute atomic E-state index is 0.0545. The zero-order valence-electron chi connectivity index (χ0n) is 18.2. The van der Waals surface area contributed by atoms with Crippen LogP contribution in [-0.2, 0) is 14.6 Å². The van der Waals surface area contributed by atoms with Crippen LogP contribution in [0.15, 0.2) is 82.1 Å². The van der Waals surface area contributed by atoms with E-state index < -0.39 is 32.4 Å². The highest BCUT2D eigenvalue weighted by Gasteiger charge is 2.27. The van der Waals surface area contributed by atoms with E-state index in [-0.39, 0.29) is 23.5 Å². The van der Waals surface area contributed by atoms with E-state index in [4.69, 9.17) is 13.9 Å². The molecule has 0 N–H and O–H groups in total. The van der Waals surface area contributed by atoms with Crippen molar-refractivity contribution >= 4 is 32.7 Å². The summed E-state index contributed by atoms with van der Waals surface area (Å²) in [5.74, 6) is -4.65. The number of carbonyl (C=O) groups excluding carboxylic acids is 2. The van der Waals surface area contributed by atoms with E-state index in [0.29, 0.717) is 22.3 Å². The van der Waals surface area contributed by atoms with Gasteiger partial charge in [0, 0.05) is 10.9 Å². The molecule has 0 aliphatic carbocycles. The van der Waals surface area contributed by atoms with Crippen LogP contribution in [0.25, 0.3) is 22.3 Å². The first-order chi connectivity index (χ1) is 16.7. The number of halogens is 2. The number of ether oxygens (including phenoxy) is 2. The molecule has 0 radical (unpaired) electrons. The maximum absolute atomic E-state index is 12.7. The van der Waals surface area contributed by atoms with E-state index in [0.717, 1.165) is 24.3 Å². The molecular weight excluding hydrogens is 482 g/mol. The van der Waals surface area contributed by atoms with Gasteiger partial charge >= 0.3 is 17.7 Å². The molecule has 1 aromatic heterocycles. The van der Waals surface area contributed by atoms with Gasteiger partial charge in [-0.3, -0.25) is 0 Å². The molecule has 0 aliphatic rings. The fourth-order valence-corrected chi connectivity index (χ4v) is 4.11. The zero-order chi connectivity index (χ0) is 25.2. The Morgan fingerprint density at radius 1 is 0.943 bits per heavy atom. The summed E-state index contributed by atoms with van der Waals surface area (Å²) < 4.78 is 65.0. The number of alkyl halides is 2. The van der Waals surface area contributed by atoms with Crippen LogP contribution < -0.4 is 4.74 Å². The third-order valence-corrected chi connectivity index (χ3v) is 6.44. The number of sulfone groups is 1. The van der Waals surface area contributed by atoms with Gasteiger partial charge in [0.25, 0.3) is 0 Å². The van der Waals surface area contributed by atoms with Gasteiger partial charge in [-0.25, -0.2) is 18.0 Å². The van der Waals surface area contributed by atoms with Gasteiger partial charge in [0.15, 0.2) is 0 Å². The maximum Gasteiger partial charge on any atom is 0.343 e. The van der Waals surface area contributed by atoms with Gasteiger partial charge in [-0.2, -0.15) is 8.78 Å². The van der Waals surface area contributed by atoms with Crippen molar-refractivity contribution in [2.75, 3.05) is 6.61 Å². The largest absolute Gasteiger partial charge is 0.462 e. The Labute approximate surface area is 198 Å². The first-order valence-corrected chi connectivity index (χ1v) is 11.9. The van der Waals surface area contributed by atoms with Gasteiger partial charge in [0.05, 0.1) is 17.1 Å². The Hall–Kier alpha value is -4.05. The van der Waals surface area contributed by atoms with E-state index in [1.807, 2.05) is 6.07 Å². The molecule has 0 amide bonds. The van der Waals surface area contributed by atoms with Crippen molar-refractivity contribution in [1.82, 2.24) is 0 Å². The first-order valence-electron chi connectivity index (χ1n) is 10.4. The Bertz CT molecular complexity index is 1490. The van der Waals surface area contributed by atoms with E-state index in [1.165, 1.54) is 18.2 Å². The number of rotatable bonds is 7. The van der Waals surface area contributed by atoms with Crippen LogP contribution in [0.4, 0.5) is 8.78 Å². The molecule has 4 aromatic rings. The van der Waals surface area contributed by atoms with Crippen molar-refractivity contribution in [2.24, 2.45) is 0 Å². The van der Waals surface area contributed by atoms with Gasteiger partial charge in [0.2, 0.25) is 9.84 Å². The molecule has 0 fully saturated rings. The van der Waals surface area contributed by atoms with E-state index in [1.54, 1.807) is 31.2 Å². The normalized spacial score (nSPS) is 11.5. The quantitative estimate of drug-likeness (QED) is 0.244. The lowest BCUT2D eigenvalue weighted by molar-refractivity contribution is 0.0528. The second kappa shape index (κ2) is 9.67. The summed E-state index contributed by atoms with van der Waals surface area (Å²) in [4.78, 5) is 24.7. The maximum atomic E-state index is 12.7. The molecule has 35 heavy (non-hydrogen) atoms. The number of benzene rings is 3. The van der Waals surface area contributed by atoms with Crippen LogP contribution in [0.2, 0.25) is 0 Å². The third-order valence-electron chi connectivity index (χ3n) is 5.04. The van der Waals surface area contributed by atoms with Gasteiger partial charge < -0.3 is 13.9 Å². The van der Waals surface area contributed by atoms with Crippen molar-refractivity contribution in [3.8, 4) is 17.1 Å². The highest BCUT2D eigenvalue weighted by Crippen LogP contribution is 2.36. The summed E-state index contributed by atoms with van der Waals surface area (Å²) in [5, 5.41) is 0.367. The molecule has 0 saturated heterocycles. The predicted octanol–water partition coefficient (Wildman–Crippen LogP) is 5.49. The Balaban J connectivity index is 1.67. The van der Waals surface area contributed by atoms with Crippen LogP contribution in [-0.4, -0.2) is 32.7 Å². The summed E-state index contributed by atoms with van der Waals surface area (Å²) in [6.45, 7) is 1.82. The molecule has 10 heteroatoms. The average Bonchev–Trinajstić information content (AvgIpc) is 3.23. The zero-order valence-corrected chi connectivity index (χ0v) is 19.1. The fourth-order valence-electron chi connectivity index (χ4n) is 3.39. The van der Waals surface area contributed by atoms with Gasteiger partial charge in [-0.05, 0) is 49.4 Å². The lowest BCUT2D eigenvalue weighted by Gasteiger charge is -2.07. The molecule has 180 valence electrons. The number of fused-ring (bicyclic) bond motifs is 1. The number of carbonyl (C=O) groups is 2. The van der Waals surface area contributed by atoms with Crippen LogP contribution in [0.1, 0.15) is 27.6 Å². The van der Waals surface area contributed by atoms with Crippen LogP contribution >= 0.6 is 0 Å². The Morgan fingerprint density at radius 2 is 1.63 bits per heavy atom. The number of hydrogen-bond donors (Lipinski definition) is 0. The van der Waals surface area contributed by atoms with Gasteiger partial charge in [0.1, 0.15) is 22.7 Å². The second-order valence-corrected chi connectivity index (χ2v) is 9.19. The standard InChI is InChI=1S/C25H18F2O7S/c1-2-32-24(29)21-19-14-17(10-13-20(19)34-22(21)15-6-4-3-5-7-15)33-23(28)16-8-11-18(12-9-16)35(30,31)25(26)27/h3-14,25H,2H2,1H3. The van der Waals surface area contributed by atoms with Crippen molar-refractivity contribution in [3.63, 3.8) is 0 Å². The molecule has 1 heterocycles. The van der Waals surface area contributed by atoms with E-state index in [2.05, 4.69) is 0 Å². The first kappa shape index (κ1) is 24.1. The topological polar surface area (TPSA) is 99.9 Å². The predicted molar refractivity (Wildman–Crippen MR) is 122 cm³/mol. The minimum Gasteiger partial charge on any atom is -0.462 e. The molecule has 0 atom stereocenters. The molecule has 3 aromatic carbocycles. The Morgan fingerprint density at radius 3 is 2.26 bits per heavy atom. The summed E-state index contributed by atoms with van der Waals surface area (Å²) in [7, 11) is -4.78. The van der Waals surface area contributed by atoms with Crippen molar-refractivity contribution in [1.29, 1.82) is 0 Å². The molecule has 0 unspecified atom stereocenters. The number of furan rings is 1. The fraction of sp³-hybridized carbons (Fsp3) is 0.120. The lowest BCUT2D eigenvalue weighted by Crippen LogP contribution is -2.12.